The van der Waals surface area contributed by atoms with Crippen LogP contribution >= 0.6 is 0 Å². The molecule has 0 aliphatic heterocycles. The Kier molecular flexibility index (Phi) is 4.23. The maximum atomic E-state index is 12.3. The fraction of sp³-hybridized carbons (Fsp3) is 0.765. The summed E-state index contributed by atoms with van der Waals surface area (Å²) in [5.41, 5.74) is 0.972. The van der Waals surface area contributed by atoms with Crippen LogP contribution in [-0.2, 0) is 11.2 Å². The number of Topliss-reactive ketones (excluding diaryl/α,β-unsaturated/α-hetero) is 1. The van der Waals surface area contributed by atoms with E-state index in [0.29, 0.717) is 24.2 Å². The van der Waals surface area contributed by atoms with E-state index in [0.717, 1.165) is 24.5 Å². The van der Waals surface area contributed by atoms with E-state index in [-0.39, 0.29) is 0 Å². The predicted molar refractivity (Wildman–Crippen MR) is 79.6 cm³/mol. The van der Waals surface area contributed by atoms with Gasteiger partial charge < -0.3 is 0 Å². The fourth-order valence-corrected chi connectivity index (χ4v) is 3.84. The Hall–Kier alpha value is -1.12. The molecule has 2 aliphatic carbocycles. The number of aromatic nitrogens is 2. The van der Waals surface area contributed by atoms with Gasteiger partial charge in [0.25, 0.3) is 0 Å². The summed E-state index contributed by atoms with van der Waals surface area (Å²) in [5.74, 6) is 1.43. The smallest absolute Gasteiger partial charge is 0.141 e. The molecule has 0 amide bonds. The summed E-state index contributed by atoms with van der Waals surface area (Å²) in [4.78, 5) is 12.3. The summed E-state index contributed by atoms with van der Waals surface area (Å²) >= 11 is 0. The minimum atomic E-state index is 0.296. The highest BCUT2D eigenvalue weighted by Gasteiger charge is 2.27. The van der Waals surface area contributed by atoms with Crippen molar-refractivity contribution in [2.45, 2.75) is 70.8 Å². The first-order valence-corrected chi connectivity index (χ1v) is 8.29. The second-order valence-electron chi connectivity index (χ2n) is 6.84. The van der Waals surface area contributed by atoms with Gasteiger partial charge in [0.1, 0.15) is 5.78 Å². The van der Waals surface area contributed by atoms with E-state index in [1.165, 1.54) is 38.5 Å². The predicted octanol–water partition coefficient (Wildman–Crippen LogP) is 3.94. The molecule has 2 unspecified atom stereocenters. The minimum absolute atomic E-state index is 0.296. The molecule has 3 nitrogen and oxygen atoms in total. The van der Waals surface area contributed by atoms with Crippen LogP contribution in [0.1, 0.15) is 70.0 Å². The summed E-state index contributed by atoms with van der Waals surface area (Å²) in [6.07, 6.45) is 12.5. The Labute approximate surface area is 121 Å². The van der Waals surface area contributed by atoms with Crippen LogP contribution in [0.5, 0.6) is 0 Å². The molecule has 1 aromatic rings. The van der Waals surface area contributed by atoms with Gasteiger partial charge in [0.15, 0.2) is 0 Å². The van der Waals surface area contributed by atoms with E-state index >= 15 is 0 Å². The second-order valence-corrected chi connectivity index (χ2v) is 6.84. The summed E-state index contributed by atoms with van der Waals surface area (Å²) in [6, 6.07) is 2.62. The van der Waals surface area contributed by atoms with Crippen LogP contribution in [0.15, 0.2) is 12.3 Å². The average molecular weight is 274 g/mol. The molecule has 3 heteroatoms. The molecule has 1 heterocycles. The first-order valence-electron chi connectivity index (χ1n) is 8.29. The van der Waals surface area contributed by atoms with E-state index < -0.39 is 0 Å². The van der Waals surface area contributed by atoms with Gasteiger partial charge >= 0.3 is 0 Å². The molecule has 2 fully saturated rings. The molecule has 0 saturated heterocycles. The normalized spacial score (nSPS) is 27.9. The Morgan fingerprint density at radius 3 is 2.75 bits per heavy atom. The van der Waals surface area contributed by atoms with Crippen molar-refractivity contribution in [3.63, 3.8) is 0 Å². The quantitative estimate of drug-likeness (QED) is 0.833. The highest BCUT2D eigenvalue weighted by Crippen LogP contribution is 2.32. The van der Waals surface area contributed by atoms with Gasteiger partial charge in [0.05, 0.1) is 18.2 Å². The molecular weight excluding hydrogens is 248 g/mol. The molecule has 2 atom stereocenters. The van der Waals surface area contributed by atoms with Gasteiger partial charge in [-0.05, 0) is 44.1 Å². The Balaban J connectivity index is 1.58. The van der Waals surface area contributed by atoms with E-state index in [1.54, 1.807) is 0 Å². The number of carbonyl (C=O) groups excluding carboxylic acids is 1. The number of carbonyl (C=O) groups is 1. The summed E-state index contributed by atoms with van der Waals surface area (Å²) in [5, 5.41) is 4.66. The average Bonchev–Trinajstić information content (AvgIpc) is 3.09. The molecule has 1 aromatic heterocycles. The van der Waals surface area contributed by atoms with Crippen molar-refractivity contribution < 1.29 is 4.79 Å². The lowest BCUT2D eigenvalue weighted by Crippen LogP contribution is -2.16. The van der Waals surface area contributed by atoms with Crippen LogP contribution in [0.4, 0.5) is 0 Å². The topological polar surface area (TPSA) is 34.9 Å². The van der Waals surface area contributed by atoms with Crippen molar-refractivity contribution in [2.24, 2.45) is 11.8 Å². The molecule has 20 heavy (non-hydrogen) atoms. The molecule has 0 spiro atoms. The largest absolute Gasteiger partial charge is 0.299 e. The third-order valence-electron chi connectivity index (χ3n) is 5.12. The third-order valence-corrected chi connectivity index (χ3v) is 5.12. The summed E-state index contributed by atoms with van der Waals surface area (Å²) in [6.45, 7) is 2.26. The third kappa shape index (κ3) is 3.13. The molecule has 0 aromatic carbocycles. The van der Waals surface area contributed by atoms with Crippen molar-refractivity contribution in [2.75, 3.05) is 0 Å². The highest BCUT2D eigenvalue weighted by atomic mass is 16.1. The van der Waals surface area contributed by atoms with Crippen molar-refractivity contribution in [1.82, 2.24) is 9.78 Å². The molecule has 0 bridgehead atoms. The maximum absolute atomic E-state index is 12.3. The van der Waals surface area contributed by atoms with Gasteiger partial charge in [0, 0.05) is 12.1 Å². The SMILES string of the molecule is CC1CCC(C(=O)Cc2ccn(C3CCCCC3)n2)C1. The van der Waals surface area contributed by atoms with Crippen molar-refractivity contribution in [3.8, 4) is 0 Å². The van der Waals surface area contributed by atoms with Crippen LogP contribution in [0.25, 0.3) is 0 Å². The Morgan fingerprint density at radius 2 is 2.05 bits per heavy atom. The number of nitrogens with zero attached hydrogens (tertiary/aromatic N) is 2. The first kappa shape index (κ1) is 13.8. The van der Waals surface area contributed by atoms with Crippen LogP contribution in [0.3, 0.4) is 0 Å². The molecule has 2 aliphatic rings. The maximum Gasteiger partial charge on any atom is 0.141 e. The van der Waals surface area contributed by atoms with Gasteiger partial charge in [-0.1, -0.05) is 26.2 Å². The molecular formula is C17H26N2O. The van der Waals surface area contributed by atoms with E-state index in [1.807, 2.05) is 6.07 Å². The van der Waals surface area contributed by atoms with Crippen molar-refractivity contribution >= 4 is 5.78 Å². The number of hydrogen-bond donors (Lipinski definition) is 0. The second kappa shape index (κ2) is 6.11. The van der Waals surface area contributed by atoms with E-state index in [9.17, 15) is 4.79 Å². The van der Waals surface area contributed by atoms with Gasteiger partial charge in [0.2, 0.25) is 0 Å². The molecule has 3 rings (SSSR count). The summed E-state index contributed by atoms with van der Waals surface area (Å²) in [7, 11) is 0. The number of rotatable bonds is 4. The summed E-state index contributed by atoms with van der Waals surface area (Å²) < 4.78 is 2.11. The first-order chi connectivity index (χ1) is 9.72. The van der Waals surface area contributed by atoms with Gasteiger partial charge in [-0.3, -0.25) is 9.48 Å². The minimum Gasteiger partial charge on any atom is -0.299 e. The van der Waals surface area contributed by atoms with Gasteiger partial charge in [-0.2, -0.15) is 5.10 Å². The zero-order chi connectivity index (χ0) is 13.9. The number of hydrogen-bond acceptors (Lipinski definition) is 2. The Morgan fingerprint density at radius 1 is 1.25 bits per heavy atom. The van der Waals surface area contributed by atoms with Crippen LogP contribution in [0.2, 0.25) is 0 Å². The van der Waals surface area contributed by atoms with E-state index in [4.69, 9.17) is 0 Å². The number of ketones is 1. The van der Waals surface area contributed by atoms with Crippen LogP contribution in [0, 0.1) is 11.8 Å². The van der Waals surface area contributed by atoms with Crippen LogP contribution in [-0.4, -0.2) is 15.6 Å². The monoisotopic (exact) mass is 274 g/mol. The van der Waals surface area contributed by atoms with E-state index in [2.05, 4.69) is 22.9 Å². The van der Waals surface area contributed by atoms with Crippen molar-refractivity contribution in [3.05, 3.63) is 18.0 Å². The van der Waals surface area contributed by atoms with Gasteiger partial charge in [-0.15, -0.1) is 0 Å². The standard InChI is InChI=1S/C17H26N2O/c1-13-7-8-14(11-13)17(20)12-15-9-10-19(18-15)16-5-3-2-4-6-16/h9-10,13-14,16H,2-8,11-12H2,1H3. The highest BCUT2D eigenvalue weighted by molar-refractivity contribution is 5.83. The van der Waals surface area contributed by atoms with Crippen molar-refractivity contribution in [1.29, 1.82) is 0 Å². The lowest BCUT2D eigenvalue weighted by Gasteiger charge is -2.21. The molecule has 0 N–H and O–H groups in total. The zero-order valence-corrected chi connectivity index (χ0v) is 12.6. The molecule has 2 saturated carbocycles. The zero-order valence-electron chi connectivity index (χ0n) is 12.6. The Bertz CT molecular complexity index is 459. The van der Waals surface area contributed by atoms with Crippen LogP contribution < -0.4 is 0 Å². The lowest BCUT2D eigenvalue weighted by atomic mass is 9.96. The molecule has 0 radical (unpaired) electrons. The molecule has 110 valence electrons. The van der Waals surface area contributed by atoms with Gasteiger partial charge in [-0.25, -0.2) is 0 Å². The fourth-order valence-electron chi connectivity index (χ4n) is 3.84. The lowest BCUT2D eigenvalue weighted by molar-refractivity contribution is -0.122.